The van der Waals surface area contributed by atoms with Gasteiger partial charge in [0.2, 0.25) is 0 Å². The molecule has 0 unspecified atom stereocenters. The molecule has 8 heteroatoms. The molecule has 0 aliphatic rings. The lowest BCUT2D eigenvalue weighted by Crippen LogP contribution is -2.33. The highest BCUT2D eigenvalue weighted by atomic mass is 19.4. The predicted octanol–water partition coefficient (Wildman–Crippen LogP) is 2.42. The normalized spacial score (nSPS) is 13.1. The largest absolute Gasteiger partial charge is 0.440 e. The molecule has 1 rings (SSSR count). The van der Waals surface area contributed by atoms with Gasteiger partial charge in [0, 0.05) is 18.8 Å². The SMILES string of the molecule is Cc1cc(C)n(C[C@H](C)CNC(=O)OCC(F)(F)F)n1. The zero-order valence-corrected chi connectivity index (χ0v) is 11.6. The topological polar surface area (TPSA) is 56.2 Å². The number of rotatable bonds is 5. The first kappa shape index (κ1) is 16.3. The molecule has 1 N–H and O–H groups in total. The van der Waals surface area contributed by atoms with Crippen molar-refractivity contribution in [2.75, 3.05) is 13.2 Å². The maximum Gasteiger partial charge on any atom is 0.422 e. The highest BCUT2D eigenvalue weighted by Crippen LogP contribution is 2.14. The van der Waals surface area contributed by atoms with Crippen LogP contribution in [0.15, 0.2) is 6.07 Å². The summed E-state index contributed by atoms with van der Waals surface area (Å²) in [6.45, 7) is 4.86. The molecular weight excluding hydrogens is 275 g/mol. The van der Waals surface area contributed by atoms with Gasteiger partial charge in [0.1, 0.15) is 0 Å². The number of aryl methyl sites for hydroxylation is 2. The van der Waals surface area contributed by atoms with Crippen molar-refractivity contribution < 1.29 is 22.7 Å². The molecule has 1 aromatic rings. The number of nitrogens with zero attached hydrogens (tertiary/aromatic N) is 2. The van der Waals surface area contributed by atoms with Gasteiger partial charge >= 0.3 is 12.3 Å². The lowest BCUT2D eigenvalue weighted by atomic mass is 10.2. The molecule has 0 aliphatic heterocycles. The van der Waals surface area contributed by atoms with E-state index in [-0.39, 0.29) is 12.5 Å². The van der Waals surface area contributed by atoms with Gasteiger partial charge in [-0.1, -0.05) is 6.92 Å². The quantitative estimate of drug-likeness (QED) is 0.907. The molecule has 0 spiro atoms. The molecule has 1 aromatic heterocycles. The van der Waals surface area contributed by atoms with E-state index >= 15 is 0 Å². The average Bonchev–Trinajstić information content (AvgIpc) is 2.61. The third-order valence-electron chi connectivity index (χ3n) is 2.55. The zero-order chi connectivity index (χ0) is 15.3. The van der Waals surface area contributed by atoms with E-state index in [2.05, 4.69) is 15.2 Å². The van der Waals surface area contributed by atoms with Gasteiger partial charge in [0.05, 0.1) is 5.69 Å². The summed E-state index contributed by atoms with van der Waals surface area (Å²) >= 11 is 0. The molecule has 0 radical (unpaired) electrons. The van der Waals surface area contributed by atoms with E-state index in [0.717, 1.165) is 11.4 Å². The fourth-order valence-corrected chi connectivity index (χ4v) is 1.68. The van der Waals surface area contributed by atoms with Crippen LogP contribution in [-0.2, 0) is 11.3 Å². The second kappa shape index (κ2) is 6.62. The summed E-state index contributed by atoms with van der Waals surface area (Å²) < 4.78 is 41.3. The van der Waals surface area contributed by atoms with Gasteiger partial charge in [-0.3, -0.25) is 4.68 Å². The number of aromatic nitrogens is 2. The Morgan fingerprint density at radius 3 is 2.65 bits per heavy atom. The molecule has 0 bridgehead atoms. The van der Waals surface area contributed by atoms with Crippen LogP contribution in [0.1, 0.15) is 18.3 Å². The molecule has 0 saturated heterocycles. The Hall–Kier alpha value is -1.73. The predicted molar refractivity (Wildman–Crippen MR) is 66.3 cm³/mol. The van der Waals surface area contributed by atoms with Gasteiger partial charge in [-0.15, -0.1) is 0 Å². The number of alkyl carbamates (subject to hydrolysis) is 1. The van der Waals surface area contributed by atoms with E-state index in [1.54, 1.807) is 4.68 Å². The van der Waals surface area contributed by atoms with Gasteiger partial charge in [-0.2, -0.15) is 18.3 Å². The minimum absolute atomic E-state index is 0.0198. The summed E-state index contributed by atoms with van der Waals surface area (Å²) in [5.41, 5.74) is 1.89. The summed E-state index contributed by atoms with van der Waals surface area (Å²) in [5, 5.41) is 6.57. The van der Waals surface area contributed by atoms with Crippen LogP contribution in [0.5, 0.6) is 0 Å². The minimum atomic E-state index is -4.51. The Labute approximate surface area is 115 Å². The van der Waals surface area contributed by atoms with Gasteiger partial charge in [-0.25, -0.2) is 4.79 Å². The molecule has 1 amide bonds. The van der Waals surface area contributed by atoms with Crippen LogP contribution >= 0.6 is 0 Å². The summed E-state index contributed by atoms with van der Waals surface area (Å²) in [5.74, 6) is 0.0198. The fourth-order valence-electron chi connectivity index (χ4n) is 1.68. The summed E-state index contributed by atoms with van der Waals surface area (Å²) in [7, 11) is 0. The Morgan fingerprint density at radius 1 is 1.50 bits per heavy atom. The third kappa shape index (κ3) is 5.94. The zero-order valence-electron chi connectivity index (χ0n) is 11.6. The third-order valence-corrected chi connectivity index (χ3v) is 2.55. The van der Waals surface area contributed by atoms with Crippen LogP contribution < -0.4 is 5.32 Å². The molecule has 0 aromatic carbocycles. The van der Waals surface area contributed by atoms with Crippen molar-refractivity contribution in [3.63, 3.8) is 0 Å². The van der Waals surface area contributed by atoms with Gasteiger partial charge in [0.25, 0.3) is 0 Å². The standard InChI is InChI=1S/C12H18F3N3O2/c1-8(6-18-10(3)4-9(2)17-18)5-16-11(19)20-7-12(13,14)15/h4,8H,5-7H2,1-3H3,(H,16,19)/t8-/m1/s1. The lowest BCUT2D eigenvalue weighted by molar-refractivity contribution is -0.160. The van der Waals surface area contributed by atoms with Crippen LogP contribution in [0.4, 0.5) is 18.0 Å². The number of carbonyl (C=O) groups excluding carboxylic acids is 1. The van der Waals surface area contributed by atoms with Crippen LogP contribution in [0.3, 0.4) is 0 Å². The molecule has 20 heavy (non-hydrogen) atoms. The van der Waals surface area contributed by atoms with E-state index in [0.29, 0.717) is 6.54 Å². The number of hydrogen-bond donors (Lipinski definition) is 1. The number of amides is 1. The van der Waals surface area contributed by atoms with Crippen molar-refractivity contribution in [2.24, 2.45) is 5.92 Å². The fraction of sp³-hybridized carbons (Fsp3) is 0.667. The van der Waals surface area contributed by atoms with Crippen LogP contribution in [0, 0.1) is 19.8 Å². The maximum absolute atomic E-state index is 11.8. The van der Waals surface area contributed by atoms with Crippen LogP contribution in [0.25, 0.3) is 0 Å². The van der Waals surface area contributed by atoms with E-state index in [1.165, 1.54) is 0 Å². The number of alkyl halides is 3. The maximum atomic E-state index is 11.8. The van der Waals surface area contributed by atoms with Crippen molar-refractivity contribution in [1.82, 2.24) is 15.1 Å². The minimum Gasteiger partial charge on any atom is -0.440 e. The molecule has 1 atom stereocenters. The second-order valence-corrected chi connectivity index (χ2v) is 4.79. The Bertz CT molecular complexity index is 457. The van der Waals surface area contributed by atoms with Crippen molar-refractivity contribution in [3.8, 4) is 0 Å². The molecule has 5 nitrogen and oxygen atoms in total. The number of hydrogen-bond acceptors (Lipinski definition) is 3. The molecule has 0 fully saturated rings. The molecule has 0 saturated carbocycles. The number of halogens is 3. The molecule has 0 aliphatic carbocycles. The van der Waals surface area contributed by atoms with Crippen molar-refractivity contribution in [1.29, 1.82) is 0 Å². The smallest absolute Gasteiger partial charge is 0.422 e. The highest BCUT2D eigenvalue weighted by Gasteiger charge is 2.29. The summed E-state index contributed by atoms with van der Waals surface area (Å²) in [4.78, 5) is 11.1. The number of ether oxygens (including phenoxy) is 1. The monoisotopic (exact) mass is 293 g/mol. The first-order valence-electron chi connectivity index (χ1n) is 6.16. The first-order chi connectivity index (χ1) is 9.17. The number of carbonyl (C=O) groups is 1. The van der Waals surface area contributed by atoms with Crippen LogP contribution in [-0.4, -0.2) is 35.2 Å². The summed E-state index contributed by atoms with van der Waals surface area (Å²) in [6, 6.07) is 1.93. The Balaban J connectivity index is 2.31. The Morgan fingerprint density at radius 2 is 2.15 bits per heavy atom. The van der Waals surface area contributed by atoms with Gasteiger partial charge in [-0.05, 0) is 25.8 Å². The van der Waals surface area contributed by atoms with E-state index in [9.17, 15) is 18.0 Å². The second-order valence-electron chi connectivity index (χ2n) is 4.79. The van der Waals surface area contributed by atoms with Crippen LogP contribution in [0.2, 0.25) is 0 Å². The number of nitrogens with one attached hydrogen (secondary N) is 1. The average molecular weight is 293 g/mol. The first-order valence-corrected chi connectivity index (χ1v) is 6.16. The van der Waals surface area contributed by atoms with Gasteiger partial charge in [0.15, 0.2) is 6.61 Å². The van der Waals surface area contributed by atoms with E-state index in [1.807, 2.05) is 26.8 Å². The molecule has 114 valence electrons. The lowest BCUT2D eigenvalue weighted by Gasteiger charge is -2.14. The van der Waals surface area contributed by atoms with Crippen molar-refractivity contribution in [2.45, 2.75) is 33.5 Å². The molecular formula is C12H18F3N3O2. The van der Waals surface area contributed by atoms with E-state index < -0.39 is 18.9 Å². The Kier molecular flexibility index (Phi) is 5.41. The van der Waals surface area contributed by atoms with Crippen molar-refractivity contribution in [3.05, 3.63) is 17.5 Å². The highest BCUT2D eigenvalue weighted by molar-refractivity contribution is 5.67. The van der Waals surface area contributed by atoms with E-state index in [4.69, 9.17) is 0 Å². The van der Waals surface area contributed by atoms with Crippen molar-refractivity contribution >= 4 is 6.09 Å². The summed E-state index contributed by atoms with van der Waals surface area (Å²) in [6.07, 6.45) is -5.57. The molecule has 1 heterocycles. The van der Waals surface area contributed by atoms with Gasteiger partial charge < -0.3 is 10.1 Å².